The summed E-state index contributed by atoms with van der Waals surface area (Å²) in [6.45, 7) is 0. The maximum absolute atomic E-state index is 7.05. The number of halogens is 1. The summed E-state index contributed by atoms with van der Waals surface area (Å²) >= 11 is 7.05. The third kappa shape index (κ3) is 3.50. The van der Waals surface area contributed by atoms with Gasteiger partial charge in [0.25, 0.3) is 0 Å². The molecule has 5 aliphatic carbocycles. The molecule has 0 aliphatic heterocycles. The van der Waals surface area contributed by atoms with Crippen molar-refractivity contribution in [2.24, 2.45) is 23.7 Å². The summed E-state index contributed by atoms with van der Waals surface area (Å²) in [7, 11) is 0. The molecule has 0 N–H and O–H groups in total. The zero-order valence-corrected chi connectivity index (χ0v) is 24.4. The highest BCUT2D eigenvalue weighted by Gasteiger charge is 2.62. The zero-order valence-electron chi connectivity index (χ0n) is 23.6. The van der Waals surface area contributed by atoms with Gasteiger partial charge < -0.3 is 4.74 Å². The van der Waals surface area contributed by atoms with E-state index in [-0.39, 0.29) is 5.41 Å². The molecular weight excluding hydrogens is 532 g/mol. The number of ether oxygens (including phenoxy) is 1. The van der Waals surface area contributed by atoms with Crippen molar-refractivity contribution in [2.75, 3.05) is 0 Å². The van der Waals surface area contributed by atoms with Crippen molar-refractivity contribution in [3.05, 3.63) is 131 Å². The van der Waals surface area contributed by atoms with E-state index in [1.54, 1.807) is 0 Å². The van der Waals surface area contributed by atoms with Gasteiger partial charge in [0.1, 0.15) is 11.5 Å². The van der Waals surface area contributed by atoms with Gasteiger partial charge in [-0.3, -0.25) is 0 Å². The van der Waals surface area contributed by atoms with E-state index in [1.807, 2.05) is 24.3 Å². The van der Waals surface area contributed by atoms with Crippen LogP contribution in [0, 0.1) is 23.7 Å². The molecule has 1 spiro atoms. The smallest absolute Gasteiger partial charge is 0.135 e. The Morgan fingerprint density at radius 1 is 0.548 bits per heavy atom. The van der Waals surface area contributed by atoms with E-state index in [4.69, 9.17) is 16.3 Å². The molecular formula is C40H33ClO. The Kier molecular flexibility index (Phi) is 5.51. The molecule has 42 heavy (non-hydrogen) atoms. The van der Waals surface area contributed by atoms with E-state index in [1.165, 1.54) is 71.0 Å². The van der Waals surface area contributed by atoms with Gasteiger partial charge in [0, 0.05) is 21.6 Å². The van der Waals surface area contributed by atoms with Crippen LogP contribution in [0.5, 0.6) is 11.5 Å². The molecule has 4 bridgehead atoms. The maximum atomic E-state index is 7.05. The van der Waals surface area contributed by atoms with E-state index in [0.717, 1.165) is 33.9 Å². The summed E-state index contributed by atoms with van der Waals surface area (Å²) in [4.78, 5) is 0. The van der Waals surface area contributed by atoms with Crippen molar-refractivity contribution >= 4 is 11.6 Å². The number of para-hydroxylation sites is 1. The predicted molar refractivity (Wildman–Crippen MR) is 172 cm³/mol. The first-order valence-corrected chi connectivity index (χ1v) is 15.9. The van der Waals surface area contributed by atoms with Crippen LogP contribution in [-0.4, -0.2) is 0 Å². The van der Waals surface area contributed by atoms with E-state index in [0.29, 0.717) is 11.8 Å². The minimum Gasteiger partial charge on any atom is -0.457 e. The molecule has 0 radical (unpaired) electrons. The van der Waals surface area contributed by atoms with Gasteiger partial charge in [0.15, 0.2) is 0 Å². The Morgan fingerprint density at radius 2 is 1.24 bits per heavy atom. The van der Waals surface area contributed by atoms with Crippen molar-refractivity contribution < 1.29 is 4.74 Å². The largest absolute Gasteiger partial charge is 0.457 e. The molecule has 0 unspecified atom stereocenters. The van der Waals surface area contributed by atoms with Gasteiger partial charge in [-0.25, -0.2) is 0 Å². The molecule has 206 valence electrons. The van der Waals surface area contributed by atoms with Crippen LogP contribution < -0.4 is 4.74 Å². The number of rotatable bonds is 4. The lowest BCUT2D eigenvalue weighted by atomic mass is 9.43. The van der Waals surface area contributed by atoms with Gasteiger partial charge in [-0.2, -0.15) is 0 Å². The van der Waals surface area contributed by atoms with Crippen LogP contribution in [0.4, 0.5) is 0 Å². The zero-order chi connectivity index (χ0) is 27.8. The second-order valence-corrected chi connectivity index (χ2v) is 13.5. The monoisotopic (exact) mass is 564 g/mol. The second-order valence-electron chi connectivity index (χ2n) is 13.1. The normalized spacial score (nSPS) is 26.3. The number of hydrogen-bond acceptors (Lipinski definition) is 1. The van der Waals surface area contributed by atoms with Gasteiger partial charge >= 0.3 is 0 Å². The summed E-state index contributed by atoms with van der Waals surface area (Å²) in [6, 6.07) is 41.3. The number of fused-ring (bicyclic) bond motifs is 3. The van der Waals surface area contributed by atoms with Gasteiger partial charge in [0.05, 0.1) is 0 Å². The third-order valence-electron chi connectivity index (χ3n) is 11.0. The molecule has 0 heterocycles. The number of benzene rings is 5. The highest BCUT2D eigenvalue weighted by molar-refractivity contribution is 6.34. The first kappa shape index (κ1) is 24.8. The summed E-state index contributed by atoms with van der Waals surface area (Å²) in [5.41, 5.74) is 10.4. The summed E-state index contributed by atoms with van der Waals surface area (Å²) in [6.07, 6.45) is 6.84. The van der Waals surface area contributed by atoms with Gasteiger partial charge in [-0.05, 0) is 119 Å². The highest BCUT2D eigenvalue weighted by Crippen LogP contribution is 2.70. The number of hydrogen-bond donors (Lipinski definition) is 0. The highest BCUT2D eigenvalue weighted by atomic mass is 35.5. The van der Waals surface area contributed by atoms with Crippen LogP contribution in [0.3, 0.4) is 0 Å². The second kappa shape index (κ2) is 9.35. The van der Waals surface area contributed by atoms with Crippen LogP contribution in [-0.2, 0) is 5.41 Å². The Hall–Kier alpha value is -3.81. The summed E-state index contributed by atoms with van der Waals surface area (Å²) in [5.74, 6) is 5.00. The molecule has 2 heteroatoms. The van der Waals surface area contributed by atoms with E-state index < -0.39 is 0 Å². The first-order valence-electron chi connectivity index (χ1n) is 15.6. The van der Waals surface area contributed by atoms with Gasteiger partial charge in [-0.15, -0.1) is 0 Å². The molecule has 0 saturated heterocycles. The fraction of sp³-hybridized carbons (Fsp3) is 0.250. The molecule has 10 rings (SSSR count). The molecule has 4 fully saturated rings. The van der Waals surface area contributed by atoms with Crippen molar-refractivity contribution in [3.8, 4) is 44.9 Å². The van der Waals surface area contributed by atoms with Crippen LogP contribution in [0.1, 0.15) is 43.2 Å². The Labute approximate surface area is 253 Å². The average molecular weight is 565 g/mol. The quantitative estimate of drug-likeness (QED) is 0.211. The Morgan fingerprint density at radius 3 is 1.98 bits per heavy atom. The van der Waals surface area contributed by atoms with Crippen LogP contribution >= 0.6 is 11.6 Å². The Bertz CT molecular complexity index is 1790. The van der Waals surface area contributed by atoms with E-state index >= 15 is 0 Å². The predicted octanol–water partition coefficient (Wildman–Crippen LogP) is 11.2. The summed E-state index contributed by atoms with van der Waals surface area (Å²) < 4.78 is 6.65. The summed E-state index contributed by atoms with van der Waals surface area (Å²) in [5, 5.41) is 0.805. The Balaban J connectivity index is 1.28. The lowest BCUT2D eigenvalue weighted by Crippen LogP contribution is -2.55. The minimum atomic E-state index is 0.0400. The maximum Gasteiger partial charge on any atom is 0.135 e. The van der Waals surface area contributed by atoms with Gasteiger partial charge in [0.2, 0.25) is 0 Å². The molecule has 5 aliphatic rings. The minimum absolute atomic E-state index is 0.0400. The fourth-order valence-electron chi connectivity index (χ4n) is 9.74. The van der Waals surface area contributed by atoms with Crippen molar-refractivity contribution in [1.82, 2.24) is 0 Å². The molecule has 0 aromatic heterocycles. The van der Waals surface area contributed by atoms with Crippen molar-refractivity contribution in [2.45, 2.75) is 37.5 Å². The average Bonchev–Trinajstić information content (AvgIpc) is 3.31. The first-order chi connectivity index (χ1) is 20.7. The lowest BCUT2D eigenvalue weighted by Gasteiger charge is -2.61. The fourth-order valence-corrected chi connectivity index (χ4v) is 10.0. The van der Waals surface area contributed by atoms with Crippen LogP contribution in [0.2, 0.25) is 5.02 Å². The van der Waals surface area contributed by atoms with E-state index in [9.17, 15) is 0 Å². The SMILES string of the molecule is Clc1cccc(-c2ccccc2)c1-c1ccc2c(c1)C1(c3cccc(Oc4ccccc4)c3-2)C2CC3CC(C2)CC1C3. The standard InChI is InChI=1S/C40H33ClO/c41-36-15-7-13-32(27-9-3-1-4-10-27)38(36)28-17-18-33-35(24-28)40(29-20-25-19-26(22-29)23-30(40)21-25)34-14-8-16-37(39(33)34)42-31-11-5-2-6-12-31/h1-18,24-26,29-30H,19-23H2. The molecule has 0 atom stereocenters. The topological polar surface area (TPSA) is 9.23 Å². The third-order valence-corrected chi connectivity index (χ3v) is 11.3. The molecule has 0 amide bonds. The molecule has 5 aromatic carbocycles. The van der Waals surface area contributed by atoms with E-state index in [2.05, 4.69) is 91.0 Å². The van der Waals surface area contributed by atoms with Crippen molar-refractivity contribution in [3.63, 3.8) is 0 Å². The van der Waals surface area contributed by atoms with Gasteiger partial charge in [-0.1, -0.05) is 96.5 Å². The molecule has 4 saturated carbocycles. The van der Waals surface area contributed by atoms with Crippen LogP contribution in [0.25, 0.3) is 33.4 Å². The van der Waals surface area contributed by atoms with Crippen LogP contribution in [0.15, 0.2) is 115 Å². The molecule has 1 nitrogen and oxygen atoms in total. The lowest BCUT2D eigenvalue weighted by molar-refractivity contribution is -0.0399. The van der Waals surface area contributed by atoms with Crippen molar-refractivity contribution in [1.29, 1.82) is 0 Å². The molecule has 5 aromatic rings.